The van der Waals surface area contributed by atoms with Gasteiger partial charge >= 0.3 is 0 Å². The average Bonchev–Trinajstić information content (AvgIpc) is 2.72. The number of anilines is 1. The van der Waals surface area contributed by atoms with Crippen LogP contribution < -0.4 is 4.90 Å². The lowest BCUT2D eigenvalue weighted by Crippen LogP contribution is -2.50. The molecule has 1 aromatic rings. The smallest absolute Gasteiger partial charge is 0.223 e. The Morgan fingerprint density at radius 2 is 1.77 bits per heavy atom. The highest BCUT2D eigenvalue weighted by atomic mass is 16.2. The number of para-hydroxylation sites is 1. The van der Waals surface area contributed by atoms with Crippen molar-refractivity contribution < 1.29 is 4.79 Å². The summed E-state index contributed by atoms with van der Waals surface area (Å²) in [6, 6.07) is 10.9. The number of piperidine rings is 1. The van der Waals surface area contributed by atoms with Crippen LogP contribution in [0.25, 0.3) is 0 Å². The van der Waals surface area contributed by atoms with Crippen molar-refractivity contribution >= 4 is 11.6 Å². The third kappa shape index (κ3) is 4.98. The third-order valence-corrected chi connectivity index (χ3v) is 6.01. The molecule has 2 aliphatic heterocycles. The minimum Gasteiger partial charge on any atom is -0.369 e. The fraction of sp³-hybridized carbons (Fsp3) is 0.667. The highest BCUT2D eigenvalue weighted by Gasteiger charge is 2.26. The maximum absolute atomic E-state index is 12.7. The van der Waals surface area contributed by atoms with Crippen LogP contribution in [0.5, 0.6) is 0 Å². The molecule has 1 atom stereocenters. The van der Waals surface area contributed by atoms with E-state index in [1.165, 1.54) is 5.69 Å². The zero-order chi connectivity index (χ0) is 18.4. The standard InChI is InChI=1S/C21H34N4O/c1-3-23-14-16-24(17-15-23)13-11-21(26)22(2)20-10-7-12-25(18-20)19-8-5-4-6-9-19/h4-6,8-9,20H,3,7,10-18H2,1-2H3. The van der Waals surface area contributed by atoms with Gasteiger partial charge < -0.3 is 19.6 Å². The minimum atomic E-state index is 0.294. The minimum absolute atomic E-state index is 0.294. The van der Waals surface area contributed by atoms with Gasteiger partial charge in [-0.3, -0.25) is 4.79 Å². The van der Waals surface area contributed by atoms with Gasteiger partial charge in [0.1, 0.15) is 0 Å². The molecule has 2 fully saturated rings. The molecule has 5 nitrogen and oxygen atoms in total. The predicted molar refractivity (Wildman–Crippen MR) is 108 cm³/mol. The predicted octanol–water partition coefficient (Wildman–Crippen LogP) is 2.14. The first-order valence-corrected chi connectivity index (χ1v) is 10.2. The van der Waals surface area contributed by atoms with E-state index < -0.39 is 0 Å². The lowest BCUT2D eigenvalue weighted by molar-refractivity contribution is -0.132. The molecule has 5 heteroatoms. The summed E-state index contributed by atoms with van der Waals surface area (Å²) in [5.74, 6) is 0.294. The monoisotopic (exact) mass is 358 g/mol. The van der Waals surface area contributed by atoms with Gasteiger partial charge in [0.05, 0.1) is 0 Å². The van der Waals surface area contributed by atoms with Crippen LogP contribution in [0.1, 0.15) is 26.2 Å². The molecule has 1 aromatic carbocycles. The molecular formula is C21H34N4O. The van der Waals surface area contributed by atoms with E-state index in [9.17, 15) is 4.79 Å². The van der Waals surface area contributed by atoms with Crippen LogP contribution in [0, 0.1) is 0 Å². The zero-order valence-electron chi connectivity index (χ0n) is 16.4. The summed E-state index contributed by atoms with van der Waals surface area (Å²) in [6.07, 6.45) is 2.90. The van der Waals surface area contributed by atoms with Crippen molar-refractivity contribution in [3.8, 4) is 0 Å². The zero-order valence-corrected chi connectivity index (χ0v) is 16.4. The Bertz CT molecular complexity index is 556. The second-order valence-corrected chi connectivity index (χ2v) is 7.61. The molecule has 2 aliphatic rings. The Morgan fingerprint density at radius 3 is 2.46 bits per heavy atom. The molecule has 3 rings (SSSR count). The van der Waals surface area contributed by atoms with Crippen LogP contribution in [0.4, 0.5) is 5.69 Å². The van der Waals surface area contributed by atoms with Gasteiger partial charge in [0.2, 0.25) is 5.91 Å². The van der Waals surface area contributed by atoms with E-state index in [1.54, 1.807) is 0 Å². The first-order valence-electron chi connectivity index (χ1n) is 10.2. The largest absolute Gasteiger partial charge is 0.369 e. The molecule has 0 N–H and O–H groups in total. The number of piperazine rings is 1. The molecule has 26 heavy (non-hydrogen) atoms. The quantitative estimate of drug-likeness (QED) is 0.779. The summed E-state index contributed by atoms with van der Waals surface area (Å²) < 4.78 is 0. The van der Waals surface area contributed by atoms with Gasteiger partial charge in [0.15, 0.2) is 0 Å². The molecule has 0 saturated carbocycles. The summed E-state index contributed by atoms with van der Waals surface area (Å²) >= 11 is 0. The Kier molecular flexibility index (Phi) is 6.92. The number of carbonyl (C=O) groups is 1. The number of hydrogen-bond acceptors (Lipinski definition) is 4. The molecule has 1 amide bonds. The first-order chi connectivity index (χ1) is 12.7. The van der Waals surface area contributed by atoms with Crippen molar-refractivity contribution in [2.75, 3.05) is 64.3 Å². The van der Waals surface area contributed by atoms with E-state index in [2.05, 4.69) is 52.0 Å². The van der Waals surface area contributed by atoms with E-state index in [4.69, 9.17) is 0 Å². The Morgan fingerprint density at radius 1 is 1.08 bits per heavy atom. The van der Waals surface area contributed by atoms with E-state index in [-0.39, 0.29) is 0 Å². The van der Waals surface area contributed by atoms with Gasteiger partial charge in [-0.15, -0.1) is 0 Å². The molecule has 0 aliphatic carbocycles. The molecule has 2 saturated heterocycles. The molecule has 144 valence electrons. The summed E-state index contributed by atoms with van der Waals surface area (Å²) in [5.41, 5.74) is 1.27. The van der Waals surface area contributed by atoms with Crippen molar-refractivity contribution in [1.82, 2.24) is 14.7 Å². The van der Waals surface area contributed by atoms with Crippen molar-refractivity contribution in [3.05, 3.63) is 30.3 Å². The first kappa shape index (κ1) is 19.2. The van der Waals surface area contributed by atoms with Crippen LogP contribution >= 0.6 is 0 Å². The summed E-state index contributed by atoms with van der Waals surface area (Å²) in [5, 5.41) is 0. The summed E-state index contributed by atoms with van der Waals surface area (Å²) in [6.45, 7) is 10.7. The fourth-order valence-corrected chi connectivity index (χ4v) is 4.11. The summed E-state index contributed by atoms with van der Waals surface area (Å²) in [4.78, 5) is 22.1. The number of benzene rings is 1. The molecule has 2 heterocycles. The molecule has 0 aromatic heterocycles. The van der Waals surface area contributed by atoms with Crippen LogP contribution in [-0.2, 0) is 4.79 Å². The van der Waals surface area contributed by atoms with Crippen LogP contribution in [0.3, 0.4) is 0 Å². The topological polar surface area (TPSA) is 30.0 Å². The van der Waals surface area contributed by atoms with Crippen molar-refractivity contribution in [3.63, 3.8) is 0 Å². The molecule has 0 spiro atoms. The SMILES string of the molecule is CCN1CCN(CCC(=O)N(C)C2CCCN(c3ccccc3)C2)CC1. The number of nitrogens with zero attached hydrogens (tertiary/aromatic N) is 4. The number of likely N-dealkylation sites (N-methyl/N-ethyl adjacent to an activating group) is 2. The maximum atomic E-state index is 12.7. The molecular weight excluding hydrogens is 324 g/mol. The number of hydrogen-bond donors (Lipinski definition) is 0. The summed E-state index contributed by atoms with van der Waals surface area (Å²) in [7, 11) is 2.00. The van der Waals surface area contributed by atoms with E-state index >= 15 is 0 Å². The van der Waals surface area contributed by atoms with Gasteiger partial charge in [-0.1, -0.05) is 25.1 Å². The Labute approximate surface area is 158 Å². The van der Waals surface area contributed by atoms with Gasteiger partial charge in [-0.05, 0) is 31.5 Å². The van der Waals surface area contributed by atoms with E-state index in [0.717, 1.165) is 65.2 Å². The Balaban J connectivity index is 1.45. The number of carbonyl (C=O) groups excluding carboxylic acids is 1. The maximum Gasteiger partial charge on any atom is 0.223 e. The van der Waals surface area contributed by atoms with Gasteiger partial charge in [0.25, 0.3) is 0 Å². The molecule has 0 bridgehead atoms. The molecule has 0 radical (unpaired) electrons. The highest BCUT2D eigenvalue weighted by molar-refractivity contribution is 5.76. The van der Waals surface area contributed by atoms with E-state index in [1.807, 2.05) is 11.9 Å². The number of rotatable bonds is 6. The van der Waals surface area contributed by atoms with E-state index in [0.29, 0.717) is 18.4 Å². The normalized spacial score (nSPS) is 22.4. The van der Waals surface area contributed by atoms with Crippen molar-refractivity contribution in [1.29, 1.82) is 0 Å². The number of amides is 1. The lowest BCUT2D eigenvalue weighted by atomic mass is 10.0. The van der Waals surface area contributed by atoms with Crippen molar-refractivity contribution in [2.24, 2.45) is 0 Å². The van der Waals surface area contributed by atoms with Crippen LogP contribution in [0.15, 0.2) is 30.3 Å². The fourth-order valence-electron chi connectivity index (χ4n) is 4.11. The van der Waals surface area contributed by atoms with Gasteiger partial charge in [-0.2, -0.15) is 0 Å². The van der Waals surface area contributed by atoms with Crippen LogP contribution in [-0.4, -0.2) is 86.1 Å². The second-order valence-electron chi connectivity index (χ2n) is 7.61. The van der Waals surface area contributed by atoms with Gasteiger partial charge in [0, 0.05) is 71.0 Å². The third-order valence-electron chi connectivity index (χ3n) is 6.01. The molecule has 1 unspecified atom stereocenters. The average molecular weight is 359 g/mol. The lowest BCUT2D eigenvalue weighted by Gasteiger charge is -2.39. The van der Waals surface area contributed by atoms with Crippen molar-refractivity contribution in [2.45, 2.75) is 32.2 Å². The highest BCUT2D eigenvalue weighted by Crippen LogP contribution is 2.22. The second kappa shape index (κ2) is 9.38. The van der Waals surface area contributed by atoms with Gasteiger partial charge in [-0.25, -0.2) is 0 Å². The Hall–Kier alpha value is -1.59. The van der Waals surface area contributed by atoms with Crippen LogP contribution in [0.2, 0.25) is 0 Å².